The molecule has 0 aliphatic carbocycles. The Kier molecular flexibility index (Phi) is 1.73. The van der Waals surface area contributed by atoms with E-state index in [2.05, 4.69) is 9.97 Å². The molecule has 4 heteroatoms. The van der Waals surface area contributed by atoms with Crippen molar-refractivity contribution in [1.82, 2.24) is 14.5 Å². The first-order chi connectivity index (χ1) is 6.27. The van der Waals surface area contributed by atoms with Crippen molar-refractivity contribution < 1.29 is 0 Å². The molecule has 2 rings (SSSR count). The summed E-state index contributed by atoms with van der Waals surface area (Å²) in [4.78, 5) is 17.6. The molecule has 0 aliphatic heterocycles. The number of rotatable bonds is 1. The summed E-state index contributed by atoms with van der Waals surface area (Å²) in [5, 5.41) is 0. The number of aromatic nitrogens is 3. The number of H-pyrrole nitrogens is 1. The van der Waals surface area contributed by atoms with Crippen molar-refractivity contribution in [2.75, 3.05) is 0 Å². The summed E-state index contributed by atoms with van der Waals surface area (Å²) in [5.74, 6) is 0.844. The zero-order chi connectivity index (χ0) is 9.26. The van der Waals surface area contributed by atoms with Crippen LogP contribution >= 0.6 is 0 Å². The molecule has 0 unspecified atom stereocenters. The molecule has 0 saturated carbocycles. The Morgan fingerprint density at radius 3 is 2.85 bits per heavy atom. The van der Waals surface area contributed by atoms with Crippen LogP contribution in [0.2, 0.25) is 0 Å². The lowest BCUT2D eigenvalue weighted by molar-refractivity contribution is 0.923. The van der Waals surface area contributed by atoms with E-state index in [1.807, 2.05) is 17.8 Å². The molecule has 1 N–H and O–H groups in total. The third kappa shape index (κ3) is 1.38. The van der Waals surface area contributed by atoms with Gasteiger partial charge in [-0.2, -0.15) is 0 Å². The fraction of sp³-hybridized carbons (Fsp3) is 0.111. The highest BCUT2D eigenvalue weighted by Crippen LogP contribution is 2.12. The Morgan fingerprint density at radius 1 is 1.46 bits per heavy atom. The minimum atomic E-state index is -0.0991. The van der Waals surface area contributed by atoms with Crippen molar-refractivity contribution in [3.63, 3.8) is 0 Å². The molecule has 0 amide bonds. The van der Waals surface area contributed by atoms with Crippen molar-refractivity contribution in [2.24, 2.45) is 7.05 Å². The number of aromatic amines is 1. The monoisotopic (exact) mass is 175 g/mol. The number of nitrogens with one attached hydrogen (secondary N) is 1. The van der Waals surface area contributed by atoms with Crippen molar-refractivity contribution in [1.29, 1.82) is 0 Å². The summed E-state index contributed by atoms with van der Waals surface area (Å²) < 4.78 is 1.90. The first-order valence-electron chi connectivity index (χ1n) is 3.94. The molecule has 0 aromatic carbocycles. The van der Waals surface area contributed by atoms with Gasteiger partial charge < -0.3 is 9.55 Å². The molecule has 2 heterocycles. The van der Waals surface area contributed by atoms with Crippen LogP contribution < -0.4 is 5.56 Å². The molecule has 2 aromatic heterocycles. The number of nitrogens with zero attached hydrogens (tertiary/aromatic N) is 2. The Hall–Kier alpha value is -1.84. The van der Waals surface area contributed by atoms with Gasteiger partial charge in [-0.05, 0) is 6.07 Å². The Labute approximate surface area is 74.9 Å². The lowest BCUT2D eigenvalue weighted by Crippen LogP contribution is -2.02. The molecule has 0 spiro atoms. The van der Waals surface area contributed by atoms with Crippen LogP contribution in [-0.2, 0) is 7.05 Å². The van der Waals surface area contributed by atoms with Crippen LogP contribution in [0.4, 0.5) is 0 Å². The quantitative estimate of drug-likeness (QED) is 0.696. The zero-order valence-electron chi connectivity index (χ0n) is 7.19. The van der Waals surface area contributed by atoms with Crippen LogP contribution in [-0.4, -0.2) is 14.5 Å². The number of pyridine rings is 1. The van der Waals surface area contributed by atoms with Gasteiger partial charge in [0.1, 0.15) is 5.82 Å². The maximum absolute atomic E-state index is 10.8. The van der Waals surface area contributed by atoms with Crippen LogP contribution in [0.1, 0.15) is 0 Å². The van der Waals surface area contributed by atoms with Gasteiger partial charge in [0.25, 0.3) is 0 Å². The van der Waals surface area contributed by atoms with Gasteiger partial charge in [-0.1, -0.05) is 0 Å². The summed E-state index contributed by atoms with van der Waals surface area (Å²) in [7, 11) is 1.91. The molecular weight excluding hydrogens is 166 g/mol. The molecule has 0 bridgehead atoms. The van der Waals surface area contributed by atoms with E-state index >= 15 is 0 Å². The fourth-order valence-electron chi connectivity index (χ4n) is 1.19. The standard InChI is InChI=1S/C9H9N3O/c1-12-5-4-10-9(12)7-2-3-8(13)11-6-7/h2-6H,1H3,(H,11,13). The normalized spacial score (nSPS) is 10.2. The van der Waals surface area contributed by atoms with Gasteiger partial charge in [-0.25, -0.2) is 4.98 Å². The van der Waals surface area contributed by atoms with Gasteiger partial charge >= 0.3 is 0 Å². The van der Waals surface area contributed by atoms with Gasteiger partial charge in [0.2, 0.25) is 5.56 Å². The van der Waals surface area contributed by atoms with Crippen molar-refractivity contribution in [2.45, 2.75) is 0 Å². The highest BCUT2D eigenvalue weighted by atomic mass is 16.1. The third-order valence-electron chi connectivity index (χ3n) is 1.86. The number of imidazole rings is 1. The van der Waals surface area contributed by atoms with E-state index < -0.39 is 0 Å². The summed E-state index contributed by atoms with van der Waals surface area (Å²) >= 11 is 0. The topological polar surface area (TPSA) is 50.7 Å². The molecule has 13 heavy (non-hydrogen) atoms. The molecule has 0 fully saturated rings. The lowest BCUT2D eigenvalue weighted by Gasteiger charge is -1.99. The zero-order valence-corrected chi connectivity index (χ0v) is 7.19. The van der Waals surface area contributed by atoms with E-state index in [1.165, 1.54) is 6.07 Å². The molecule has 0 aliphatic rings. The van der Waals surface area contributed by atoms with Crippen molar-refractivity contribution >= 4 is 0 Å². The van der Waals surface area contributed by atoms with Crippen molar-refractivity contribution in [3.05, 3.63) is 41.1 Å². The van der Waals surface area contributed by atoms with Crippen LogP contribution in [0.25, 0.3) is 11.4 Å². The number of hydrogen-bond acceptors (Lipinski definition) is 2. The van der Waals surface area contributed by atoms with Gasteiger partial charge in [0.15, 0.2) is 0 Å². The summed E-state index contributed by atoms with van der Waals surface area (Å²) in [6.07, 6.45) is 5.24. The third-order valence-corrected chi connectivity index (χ3v) is 1.86. The van der Waals surface area contributed by atoms with E-state index in [4.69, 9.17) is 0 Å². The summed E-state index contributed by atoms with van der Waals surface area (Å²) in [6, 6.07) is 3.24. The molecule has 4 nitrogen and oxygen atoms in total. The van der Waals surface area contributed by atoms with Crippen LogP contribution in [0.5, 0.6) is 0 Å². The first-order valence-corrected chi connectivity index (χ1v) is 3.94. The van der Waals surface area contributed by atoms with Gasteiger partial charge in [-0.3, -0.25) is 4.79 Å². The van der Waals surface area contributed by atoms with Crippen LogP contribution in [0.3, 0.4) is 0 Å². The average Bonchev–Trinajstić information content (AvgIpc) is 2.53. The fourth-order valence-corrected chi connectivity index (χ4v) is 1.19. The Morgan fingerprint density at radius 2 is 2.31 bits per heavy atom. The van der Waals surface area contributed by atoms with Crippen LogP contribution in [0.15, 0.2) is 35.5 Å². The highest BCUT2D eigenvalue weighted by Gasteiger charge is 2.01. The van der Waals surface area contributed by atoms with E-state index in [1.54, 1.807) is 18.5 Å². The maximum Gasteiger partial charge on any atom is 0.247 e. The van der Waals surface area contributed by atoms with Gasteiger partial charge in [0, 0.05) is 37.3 Å². The molecule has 0 saturated heterocycles. The predicted octanol–water partition coefficient (Wildman–Crippen LogP) is 0.775. The molecule has 66 valence electrons. The van der Waals surface area contributed by atoms with E-state index in [0.717, 1.165) is 11.4 Å². The van der Waals surface area contributed by atoms with Gasteiger partial charge in [0.05, 0.1) is 0 Å². The second kappa shape index (κ2) is 2.90. The molecule has 0 atom stereocenters. The summed E-state index contributed by atoms with van der Waals surface area (Å²) in [5.41, 5.74) is 0.810. The first kappa shape index (κ1) is 7.79. The van der Waals surface area contributed by atoms with Crippen molar-refractivity contribution in [3.8, 4) is 11.4 Å². The van der Waals surface area contributed by atoms with Crippen LogP contribution in [0, 0.1) is 0 Å². The lowest BCUT2D eigenvalue weighted by atomic mass is 10.3. The maximum atomic E-state index is 10.8. The Balaban J connectivity index is 2.53. The minimum Gasteiger partial charge on any atom is -0.334 e. The number of aryl methyl sites for hydroxylation is 1. The predicted molar refractivity (Wildman–Crippen MR) is 49.3 cm³/mol. The van der Waals surface area contributed by atoms with Gasteiger partial charge in [-0.15, -0.1) is 0 Å². The van der Waals surface area contributed by atoms with E-state index in [9.17, 15) is 4.79 Å². The van der Waals surface area contributed by atoms with E-state index in [-0.39, 0.29) is 5.56 Å². The smallest absolute Gasteiger partial charge is 0.247 e. The minimum absolute atomic E-state index is 0.0991. The molecule has 2 aromatic rings. The van der Waals surface area contributed by atoms with E-state index in [0.29, 0.717) is 0 Å². The second-order valence-corrected chi connectivity index (χ2v) is 2.80. The largest absolute Gasteiger partial charge is 0.334 e. The molecular formula is C9H9N3O. The second-order valence-electron chi connectivity index (χ2n) is 2.80. The highest BCUT2D eigenvalue weighted by molar-refractivity contribution is 5.53. The SMILES string of the molecule is Cn1ccnc1-c1ccc(=O)[nH]c1. The number of hydrogen-bond donors (Lipinski definition) is 1. The molecule has 0 radical (unpaired) electrons. The average molecular weight is 175 g/mol. The Bertz CT molecular complexity index is 449. The summed E-state index contributed by atoms with van der Waals surface area (Å²) in [6.45, 7) is 0.